The van der Waals surface area contributed by atoms with Gasteiger partial charge in [-0.3, -0.25) is 9.13 Å². The monoisotopic (exact) mass is 763 g/mol. The summed E-state index contributed by atoms with van der Waals surface area (Å²) in [6.45, 7) is 0. The summed E-state index contributed by atoms with van der Waals surface area (Å²) < 4.78 is 13.9. The first-order valence-corrected chi connectivity index (χ1v) is 20.4. The van der Waals surface area contributed by atoms with Gasteiger partial charge in [-0.05, 0) is 76.1 Å². The van der Waals surface area contributed by atoms with Crippen molar-refractivity contribution in [3.05, 3.63) is 176 Å². The quantitative estimate of drug-likeness (QED) is 0.176. The Labute approximate surface area is 339 Å². The van der Waals surface area contributed by atoms with Crippen molar-refractivity contribution in [2.75, 3.05) is 0 Å². The van der Waals surface area contributed by atoms with Crippen LogP contribution in [0.2, 0.25) is 0 Å². The summed E-state index contributed by atoms with van der Waals surface area (Å²) in [5, 5.41) is 15.4. The third-order valence-corrected chi connectivity index (χ3v) is 13.1. The predicted octanol–water partition coefficient (Wildman–Crippen LogP) is 14.0. The lowest BCUT2D eigenvalue weighted by Crippen LogP contribution is -2.06. The molecule has 0 fully saturated rings. The van der Waals surface area contributed by atoms with Gasteiger partial charge in [-0.25, -0.2) is 4.98 Å². The van der Waals surface area contributed by atoms with Crippen LogP contribution < -0.4 is 0 Å². The standard InChI is InChI=1S/C54H29N5O/c1-2-15-32-28-44-39(27-31(32)14-1)49-48-36-19-7-10-22-41(36)58(45(48)29-38-34-17-5-9-21-40(34)57(44)51(38)49)53-52-50(37-20-8-12-24-46(37)60-52)55-54(56-53)59-42-23-11-6-18-35(42)47-33-16-4-3-13-30(33)25-26-43(47)59/h1-29H. The highest BCUT2D eigenvalue weighted by atomic mass is 16.3. The molecule has 0 atom stereocenters. The summed E-state index contributed by atoms with van der Waals surface area (Å²) >= 11 is 0. The van der Waals surface area contributed by atoms with Gasteiger partial charge < -0.3 is 8.82 Å². The maximum absolute atomic E-state index is 6.87. The minimum absolute atomic E-state index is 0.593. The fourth-order valence-electron chi connectivity index (χ4n) is 10.7. The molecule has 0 bridgehead atoms. The van der Waals surface area contributed by atoms with E-state index in [1.165, 1.54) is 70.4 Å². The summed E-state index contributed by atoms with van der Waals surface area (Å²) in [5.41, 5.74) is 10.1. The van der Waals surface area contributed by atoms with E-state index in [0.717, 1.165) is 49.3 Å². The van der Waals surface area contributed by atoms with Crippen LogP contribution in [0, 0.1) is 0 Å². The SMILES string of the molecule is c1ccc2cc3c(cc2c1)c1c2c4ccccc4n(-c4nc(-n5c6ccccc6c6c7ccccc7ccc65)nc5c4oc4ccccc45)c2cc2c4ccccc4n3c21. The van der Waals surface area contributed by atoms with Gasteiger partial charge >= 0.3 is 0 Å². The molecule has 276 valence electrons. The van der Waals surface area contributed by atoms with Crippen LogP contribution >= 0.6 is 0 Å². The summed E-state index contributed by atoms with van der Waals surface area (Å²) in [6.07, 6.45) is 0. The lowest BCUT2D eigenvalue weighted by atomic mass is 10.0. The van der Waals surface area contributed by atoms with E-state index in [-0.39, 0.29) is 0 Å². The summed E-state index contributed by atoms with van der Waals surface area (Å²) in [4.78, 5) is 11.1. The average molecular weight is 764 g/mol. The molecule has 0 amide bonds. The van der Waals surface area contributed by atoms with E-state index in [9.17, 15) is 0 Å². The van der Waals surface area contributed by atoms with Crippen molar-refractivity contribution in [3.8, 4) is 11.8 Å². The van der Waals surface area contributed by atoms with Crippen molar-refractivity contribution in [1.29, 1.82) is 0 Å². The van der Waals surface area contributed by atoms with Gasteiger partial charge in [-0.2, -0.15) is 4.98 Å². The number of aromatic nitrogens is 5. The Morgan fingerprint density at radius 2 is 1.00 bits per heavy atom. The second kappa shape index (κ2) is 10.8. The zero-order chi connectivity index (χ0) is 38.8. The molecule has 0 aliphatic carbocycles. The Morgan fingerprint density at radius 1 is 0.367 bits per heavy atom. The predicted molar refractivity (Wildman–Crippen MR) is 248 cm³/mol. The molecular formula is C54H29N5O. The Kier molecular flexibility index (Phi) is 5.57. The Morgan fingerprint density at radius 3 is 1.82 bits per heavy atom. The maximum Gasteiger partial charge on any atom is 0.237 e. The summed E-state index contributed by atoms with van der Waals surface area (Å²) in [6, 6.07) is 63.3. The second-order valence-corrected chi connectivity index (χ2v) is 16.1. The molecule has 6 nitrogen and oxygen atoms in total. The number of hydrogen-bond acceptors (Lipinski definition) is 3. The Bertz CT molecular complexity index is 4370. The van der Waals surface area contributed by atoms with E-state index in [0.29, 0.717) is 17.3 Å². The molecule has 6 heteroatoms. The maximum atomic E-state index is 6.87. The lowest BCUT2D eigenvalue weighted by molar-refractivity contribution is 0.661. The Hall–Kier alpha value is -8.22. The van der Waals surface area contributed by atoms with Gasteiger partial charge in [0.15, 0.2) is 11.4 Å². The van der Waals surface area contributed by atoms with Crippen LogP contribution in [0.1, 0.15) is 0 Å². The molecule has 0 radical (unpaired) electrons. The summed E-state index contributed by atoms with van der Waals surface area (Å²) in [7, 11) is 0. The van der Waals surface area contributed by atoms with E-state index < -0.39 is 0 Å². The number of fused-ring (bicyclic) bond motifs is 19. The molecule has 60 heavy (non-hydrogen) atoms. The molecule has 0 saturated heterocycles. The van der Waals surface area contributed by atoms with Crippen molar-refractivity contribution >= 4 is 125 Å². The number of nitrogens with zero attached hydrogens (tertiary/aromatic N) is 5. The van der Waals surface area contributed by atoms with Crippen LogP contribution in [-0.2, 0) is 0 Å². The van der Waals surface area contributed by atoms with Crippen LogP contribution in [0.4, 0.5) is 0 Å². The normalized spacial score (nSPS) is 12.7. The molecule has 0 spiro atoms. The van der Waals surface area contributed by atoms with Crippen LogP contribution in [0.25, 0.3) is 137 Å². The number of hydrogen-bond donors (Lipinski definition) is 0. The molecule has 6 aromatic heterocycles. The molecule has 6 heterocycles. The molecule has 9 aromatic carbocycles. The number of furan rings is 1. The number of benzene rings is 9. The van der Waals surface area contributed by atoms with Crippen molar-refractivity contribution in [3.63, 3.8) is 0 Å². The van der Waals surface area contributed by atoms with E-state index in [1.54, 1.807) is 0 Å². The molecule has 0 saturated carbocycles. The average Bonchev–Trinajstić information content (AvgIpc) is 4.10. The van der Waals surface area contributed by atoms with Crippen LogP contribution in [0.15, 0.2) is 180 Å². The third-order valence-electron chi connectivity index (χ3n) is 13.1. The van der Waals surface area contributed by atoms with Gasteiger partial charge in [0.2, 0.25) is 5.95 Å². The zero-order valence-electron chi connectivity index (χ0n) is 31.9. The van der Waals surface area contributed by atoms with E-state index in [1.807, 2.05) is 12.1 Å². The lowest BCUT2D eigenvalue weighted by Gasteiger charge is -2.12. The Balaban J connectivity index is 1.16. The second-order valence-electron chi connectivity index (χ2n) is 16.1. The highest BCUT2D eigenvalue weighted by Gasteiger charge is 2.28. The van der Waals surface area contributed by atoms with Crippen LogP contribution in [0.3, 0.4) is 0 Å². The fourth-order valence-corrected chi connectivity index (χ4v) is 10.7. The molecule has 0 unspecified atom stereocenters. The van der Waals surface area contributed by atoms with Crippen LogP contribution in [0.5, 0.6) is 0 Å². The molecule has 0 aliphatic heterocycles. The van der Waals surface area contributed by atoms with E-state index in [2.05, 4.69) is 177 Å². The van der Waals surface area contributed by atoms with E-state index in [4.69, 9.17) is 14.4 Å². The van der Waals surface area contributed by atoms with Crippen molar-refractivity contribution in [2.24, 2.45) is 0 Å². The molecule has 0 N–H and O–H groups in total. The van der Waals surface area contributed by atoms with Gasteiger partial charge in [0.05, 0.1) is 38.6 Å². The van der Waals surface area contributed by atoms with Gasteiger partial charge in [0, 0.05) is 48.5 Å². The smallest absolute Gasteiger partial charge is 0.237 e. The van der Waals surface area contributed by atoms with Crippen molar-refractivity contribution in [1.82, 2.24) is 23.5 Å². The molecule has 0 aliphatic rings. The topological polar surface area (TPSA) is 53.2 Å². The van der Waals surface area contributed by atoms with Crippen molar-refractivity contribution in [2.45, 2.75) is 0 Å². The van der Waals surface area contributed by atoms with Crippen LogP contribution in [-0.4, -0.2) is 23.5 Å². The molecular weight excluding hydrogens is 735 g/mol. The van der Waals surface area contributed by atoms with Gasteiger partial charge in [-0.15, -0.1) is 0 Å². The van der Waals surface area contributed by atoms with Crippen molar-refractivity contribution < 1.29 is 4.42 Å². The third kappa shape index (κ3) is 3.71. The highest BCUT2D eigenvalue weighted by Crippen LogP contribution is 2.48. The highest BCUT2D eigenvalue weighted by molar-refractivity contribution is 6.36. The largest absolute Gasteiger partial charge is 0.450 e. The molecule has 15 aromatic rings. The number of para-hydroxylation sites is 4. The summed E-state index contributed by atoms with van der Waals surface area (Å²) in [5.74, 6) is 1.30. The first-order valence-electron chi connectivity index (χ1n) is 20.4. The van der Waals surface area contributed by atoms with Gasteiger partial charge in [-0.1, -0.05) is 121 Å². The first-order chi connectivity index (χ1) is 29.8. The minimum atomic E-state index is 0.593. The zero-order valence-corrected chi connectivity index (χ0v) is 31.9. The first kappa shape index (κ1) is 30.9. The number of rotatable bonds is 2. The molecule has 15 rings (SSSR count). The van der Waals surface area contributed by atoms with Gasteiger partial charge in [0.25, 0.3) is 0 Å². The van der Waals surface area contributed by atoms with Gasteiger partial charge in [0.1, 0.15) is 11.1 Å². The fraction of sp³-hybridized carbons (Fsp3) is 0. The minimum Gasteiger partial charge on any atom is -0.450 e. The van der Waals surface area contributed by atoms with E-state index >= 15 is 0 Å².